The molecular formula is C71H68N4OPt+2. The van der Waals surface area contributed by atoms with Gasteiger partial charge >= 0.3 is 27.1 Å². The number of pyridine rings is 1. The number of hydrogen-bond acceptors (Lipinski definition) is 2. The molecule has 1 aliphatic rings. The summed E-state index contributed by atoms with van der Waals surface area (Å²) in [6.07, 6.45) is 1.72. The van der Waals surface area contributed by atoms with Crippen LogP contribution in [0.2, 0.25) is 0 Å². The van der Waals surface area contributed by atoms with Gasteiger partial charge in [-0.15, -0.1) is 23.1 Å². The van der Waals surface area contributed by atoms with Crippen LogP contribution in [-0.2, 0) is 42.7 Å². The van der Waals surface area contributed by atoms with Crippen molar-refractivity contribution < 1.29 is 32.7 Å². The minimum absolute atomic E-state index is 0. The molecule has 8 aromatic carbocycles. The van der Waals surface area contributed by atoms with E-state index in [1.165, 1.54) is 27.8 Å². The number of aryl methyl sites for hydroxylation is 1. The molecule has 0 aliphatic carbocycles. The van der Waals surface area contributed by atoms with Gasteiger partial charge in [0.15, 0.2) is 0 Å². The van der Waals surface area contributed by atoms with E-state index in [2.05, 4.69) is 182 Å². The van der Waals surface area contributed by atoms with Crippen molar-refractivity contribution in [3.63, 3.8) is 0 Å². The van der Waals surface area contributed by atoms with Gasteiger partial charge in [-0.3, -0.25) is 0 Å². The third kappa shape index (κ3) is 10.1. The minimum Gasteiger partial charge on any atom is -0.509 e. The molecule has 0 radical (unpaired) electrons. The monoisotopic (exact) mass is 1190 g/mol. The second kappa shape index (κ2) is 19.9. The van der Waals surface area contributed by atoms with Crippen molar-refractivity contribution in [3.05, 3.63) is 216 Å². The van der Waals surface area contributed by atoms with Gasteiger partial charge in [-0.05, 0) is 113 Å². The summed E-state index contributed by atoms with van der Waals surface area (Å²) in [6.45, 7) is 19.9. The topological polar surface area (TPSA) is 33.1 Å². The van der Waals surface area contributed by atoms with Crippen molar-refractivity contribution in [2.45, 2.75) is 112 Å². The third-order valence-corrected chi connectivity index (χ3v) is 14.6. The van der Waals surface area contributed by atoms with Crippen molar-refractivity contribution in [1.29, 1.82) is 0 Å². The number of rotatable bonds is 8. The fraction of sp³-hybridized carbons (Fsp3) is 0.239. The maximum Gasteiger partial charge on any atom is 2.00 e. The standard InChI is InChI=1S/C71H68N4O.Pt/c1-46-27-33-53(43-65(46)76-54-34-36-57-56-23-17-18-24-61(56)75(64(57)44-54)66-42-51(37-38-72-66)69(5,6)7)73-45-74(63-26-20-19-25-62(63)73)67-58(47-21-15-14-16-22-47)40-52(70(8,9)10)41-59(67)49-30-35-55(60(39-49)71(11,12)13)48-28-31-50(32-29-48)68(2,3)4;/h14-42H,1-13H3;/q;+2/i1D3,5D,6D;. The van der Waals surface area contributed by atoms with Gasteiger partial charge in [0, 0.05) is 42.2 Å². The Morgan fingerprint density at radius 1 is 0.532 bits per heavy atom. The first kappa shape index (κ1) is 46.8. The van der Waals surface area contributed by atoms with Crippen LogP contribution in [-0.4, -0.2) is 15.6 Å². The van der Waals surface area contributed by atoms with E-state index in [1.54, 1.807) is 18.3 Å². The number of aromatic nitrogens is 2. The molecule has 0 spiro atoms. The van der Waals surface area contributed by atoms with Gasteiger partial charge < -0.3 is 9.30 Å². The van der Waals surface area contributed by atoms with E-state index in [9.17, 15) is 0 Å². The molecule has 3 heterocycles. The Morgan fingerprint density at radius 3 is 1.87 bits per heavy atom. The van der Waals surface area contributed by atoms with Gasteiger partial charge in [-0.2, -0.15) is 12.1 Å². The van der Waals surface area contributed by atoms with Crippen LogP contribution in [0.3, 0.4) is 0 Å². The summed E-state index contributed by atoms with van der Waals surface area (Å²) in [5.41, 5.74) is 14.9. The summed E-state index contributed by atoms with van der Waals surface area (Å²) < 4.78 is 55.7. The molecule has 77 heavy (non-hydrogen) atoms. The van der Waals surface area contributed by atoms with Crippen LogP contribution < -0.4 is 13.9 Å². The minimum atomic E-state index is -2.55. The first-order chi connectivity index (χ1) is 38.4. The zero-order valence-electron chi connectivity index (χ0n) is 50.7. The number of hydrogen-bond donors (Lipinski definition) is 0. The Kier molecular flexibility index (Phi) is 12.1. The quantitative estimate of drug-likeness (QED) is 0.112. The number of nitrogens with zero attached hydrogens (tertiary/aromatic N) is 4. The summed E-state index contributed by atoms with van der Waals surface area (Å²) >= 11 is 0. The number of para-hydroxylation sites is 3. The Morgan fingerprint density at radius 2 is 1.18 bits per heavy atom. The molecule has 11 rings (SSSR count). The van der Waals surface area contributed by atoms with Gasteiger partial charge in [-0.1, -0.05) is 209 Å². The summed E-state index contributed by atoms with van der Waals surface area (Å²) in [7, 11) is 0. The molecule has 0 unspecified atom stereocenters. The van der Waals surface area contributed by atoms with Crippen LogP contribution in [0.1, 0.15) is 118 Å². The average Bonchev–Trinajstić information content (AvgIpc) is 4.14. The van der Waals surface area contributed by atoms with Crippen molar-refractivity contribution in [2.24, 2.45) is 0 Å². The molecule has 0 saturated heterocycles. The SMILES string of the molecule is [2H]CC(C)(C[2H])c1ccnc(-n2c3[c-]c(Oc4[c-]c([N+]5=C=[N+](c6c(-c7ccccc7)cc(C(C)(C)C)cc6-c6ccc(-c7ccc(C(C)(C)C)cc7)c(C(C)(C)C)c6)c6ccccc65)ccc4C([2H])([2H])[2H])ccc3c3ccccc32)c1.[Pt+2]. The fourth-order valence-electron chi connectivity index (χ4n) is 10.4. The number of benzene rings is 8. The van der Waals surface area contributed by atoms with E-state index in [0.717, 1.165) is 61.2 Å². The average molecular weight is 1190 g/mol. The molecule has 0 saturated carbocycles. The molecule has 0 atom stereocenters. The number of ether oxygens (including phenoxy) is 1. The summed E-state index contributed by atoms with van der Waals surface area (Å²) in [5, 5.41) is 1.88. The molecular weight excluding hydrogens is 1120 g/mol. The molecule has 386 valence electrons. The third-order valence-electron chi connectivity index (χ3n) is 14.6. The van der Waals surface area contributed by atoms with Gasteiger partial charge in [0.25, 0.3) is 11.4 Å². The second-order valence-corrected chi connectivity index (χ2v) is 23.7. The first-order valence-electron chi connectivity index (χ1n) is 29.1. The van der Waals surface area contributed by atoms with Gasteiger partial charge in [0.2, 0.25) is 5.69 Å². The van der Waals surface area contributed by atoms with Gasteiger partial charge in [0.1, 0.15) is 11.5 Å². The summed E-state index contributed by atoms with van der Waals surface area (Å²) in [5.74, 6) is 0.938. The molecule has 2 aromatic heterocycles. The molecule has 0 amide bonds. The molecule has 0 N–H and O–H groups in total. The molecule has 5 nitrogen and oxygen atoms in total. The van der Waals surface area contributed by atoms with Crippen LogP contribution in [0.4, 0.5) is 22.7 Å². The van der Waals surface area contributed by atoms with Crippen LogP contribution in [0, 0.1) is 19.0 Å². The van der Waals surface area contributed by atoms with Gasteiger partial charge in [-0.25, -0.2) is 4.98 Å². The predicted molar refractivity (Wildman–Crippen MR) is 319 cm³/mol. The summed E-state index contributed by atoms with van der Waals surface area (Å²) in [4.78, 5) is 4.81. The van der Waals surface area contributed by atoms with Gasteiger partial charge in [0.05, 0.1) is 11.1 Å². The van der Waals surface area contributed by atoms with Crippen molar-refractivity contribution in [1.82, 2.24) is 18.7 Å². The van der Waals surface area contributed by atoms with Crippen LogP contribution >= 0.6 is 0 Å². The molecule has 10 aromatic rings. The van der Waals surface area contributed by atoms with Crippen molar-refractivity contribution in [3.8, 4) is 50.7 Å². The summed E-state index contributed by atoms with van der Waals surface area (Å²) in [6, 6.07) is 69.2. The van der Waals surface area contributed by atoms with E-state index in [1.807, 2.05) is 76.7 Å². The van der Waals surface area contributed by atoms with Crippen molar-refractivity contribution >= 4 is 50.6 Å². The molecule has 1 aliphatic heterocycles. The molecule has 6 heteroatoms. The van der Waals surface area contributed by atoms with E-state index in [-0.39, 0.29) is 62.4 Å². The number of fused-ring (bicyclic) bond motifs is 4. The van der Waals surface area contributed by atoms with Crippen LogP contribution in [0.25, 0.3) is 61.0 Å². The van der Waals surface area contributed by atoms with E-state index in [0.29, 0.717) is 22.8 Å². The predicted octanol–water partition coefficient (Wildman–Crippen LogP) is 18.9. The van der Waals surface area contributed by atoms with Crippen LogP contribution in [0.5, 0.6) is 11.5 Å². The maximum atomic E-state index is 8.74. The molecule has 0 bridgehead atoms. The second-order valence-electron chi connectivity index (χ2n) is 23.7. The fourth-order valence-corrected chi connectivity index (χ4v) is 10.4. The first-order valence-corrected chi connectivity index (χ1v) is 26.2. The van der Waals surface area contributed by atoms with E-state index < -0.39 is 12.3 Å². The molecule has 0 fully saturated rings. The van der Waals surface area contributed by atoms with Crippen LogP contribution in [0.15, 0.2) is 176 Å². The van der Waals surface area contributed by atoms with E-state index in [4.69, 9.17) is 16.6 Å². The Hall–Kier alpha value is -7.42. The van der Waals surface area contributed by atoms with E-state index >= 15 is 0 Å². The zero-order chi connectivity index (χ0) is 57.4. The normalized spacial score (nSPS) is 13.9. The smallest absolute Gasteiger partial charge is 0.509 e. The van der Waals surface area contributed by atoms with Crippen molar-refractivity contribution in [2.75, 3.05) is 0 Å². The zero-order valence-corrected chi connectivity index (χ0v) is 47.9. The maximum absolute atomic E-state index is 8.74. The largest absolute Gasteiger partial charge is 2.00 e. The Bertz CT molecular complexity index is 4150. The Labute approximate surface area is 477 Å². The Balaban J connectivity index is 0.00000753.